The fourth-order valence-corrected chi connectivity index (χ4v) is 4.90. The first-order chi connectivity index (χ1) is 15.0. The van der Waals surface area contributed by atoms with Gasteiger partial charge in [0.05, 0.1) is 39.9 Å². The van der Waals surface area contributed by atoms with E-state index in [1.165, 1.54) is 0 Å². The molecule has 0 amide bonds. The number of rotatable bonds is 4. The number of nitrogens with one attached hydrogen (secondary N) is 1. The number of benzene rings is 2. The van der Waals surface area contributed by atoms with Crippen LogP contribution in [0.25, 0.3) is 22.0 Å². The van der Waals surface area contributed by atoms with E-state index in [1.54, 1.807) is 12.1 Å². The van der Waals surface area contributed by atoms with Crippen LogP contribution in [0, 0.1) is 6.92 Å². The highest BCUT2D eigenvalue weighted by Gasteiger charge is 2.23. The van der Waals surface area contributed by atoms with E-state index in [9.17, 15) is 9.90 Å². The van der Waals surface area contributed by atoms with Crippen molar-refractivity contribution in [1.29, 1.82) is 0 Å². The number of anilines is 1. The van der Waals surface area contributed by atoms with Crippen molar-refractivity contribution in [1.82, 2.24) is 9.36 Å². The second kappa shape index (κ2) is 8.00. The minimum atomic E-state index is -0.259. The number of hydrogen-bond donors (Lipinski definition) is 2. The Morgan fingerprint density at radius 2 is 1.94 bits per heavy atom. The summed E-state index contributed by atoms with van der Waals surface area (Å²) in [6, 6.07) is 13.5. The highest BCUT2D eigenvalue weighted by molar-refractivity contribution is 7.08. The number of morpholine rings is 1. The zero-order chi connectivity index (χ0) is 21.5. The fraction of sp³-hybridized carbons (Fsp3) is 0.217. The first-order valence-electron chi connectivity index (χ1n) is 9.96. The van der Waals surface area contributed by atoms with E-state index in [4.69, 9.17) is 16.3 Å². The number of carbonyl (C=O) groups excluding carboxylic acids is 1. The van der Waals surface area contributed by atoms with Crippen LogP contribution in [0.3, 0.4) is 0 Å². The Morgan fingerprint density at radius 1 is 1.19 bits per heavy atom. The molecule has 6 nitrogen and oxygen atoms in total. The van der Waals surface area contributed by atoms with Gasteiger partial charge in [-0.2, -0.15) is 4.37 Å². The van der Waals surface area contributed by atoms with E-state index < -0.39 is 0 Å². The predicted molar refractivity (Wildman–Crippen MR) is 124 cm³/mol. The lowest BCUT2D eigenvalue weighted by molar-refractivity contribution is 0.104. The summed E-state index contributed by atoms with van der Waals surface area (Å²) >= 11 is 7.69. The van der Waals surface area contributed by atoms with Gasteiger partial charge in [-0.05, 0) is 54.4 Å². The van der Waals surface area contributed by atoms with E-state index in [-0.39, 0.29) is 17.2 Å². The number of ketones is 1. The zero-order valence-corrected chi connectivity index (χ0v) is 18.4. The Kier molecular flexibility index (Phi) is 5.17. The SMILES string of the molecule is Cc1cc(C(=O)c2c(O)[nH]c3cc(Cl)c(-c4ccc(N5CCOCC5)cc4)cc23)sn1. The summed E-state index contributed by atoms with van der Waals surface area (Å²) in [6.45, 7) is 5.05. The van der Waals surface area contributed by atoms with Crippen LogP contribution in [0.4, 0.5) is 5.69 Å². The van der Waals surface area contributed by atoms with Crippen LogP contribution in [0.2, 0.25) is 5.02 Å². The van der Waals surface area contributed by atoms with E-state index in [1.807, 2.05) is 25.1 Å². The Balaban J connectivity index is 1.55. The van der Waals surface area contributed by atoms with Gasteiger partial charge in [0.1, 0.15) is 0 Å². The summed E-state index contributed by atoms with van der Waals surface area (Å²) in [4.78, 5) is 18.7. The molecule has 3 heterocycles. The Bertz CT molecular complexity index is 1270. The molecule has 0 radical (unpaired) electrons. The average Bonchev–Trinajstić information content (AvgIpc) is 3.35. The lowest BCUT2D eigenvalue weighted by Crippen LogP contribution is -2.36. The van der Waals surface area contributed by atoms with Gasteiger partial charge in [0, 0.05) is 29.7 Å². The zero-order valence-electron chi connectivity index (χ0n) is 16.8. The molecule has 0 spiro atoms. The molecule has 1 aliphatic rings. The van der Waals surface area contributed by atoms with Crippen molar-refractivity contribution in [3.63, 3.8) is 0 Å². The number of carbonyl (C=O) groups is 1. The average molecular weight is 454 g/mol. The Morgan fingerprint density at radius 3 is 2.61 bits per heavy atom. The van der Waals surface area contributed by atoms with Crippen molar-refractivity contribution in [3.05, 3.63) is 63.6 Å². The second-order valence-corrected chi connectivity index (χ2v) is 8.75. The smallest absolute Gasteiger partial charge is 0.210 e. The summed E-state index contributed by atoms with van der Waals surface area (Å²) in [5.41, 5.74) is 4.51. The summed E-state index contributed by atoms with van der Waals surface area (Å²) in [5, 5.41) is 11.6. The van der Waals surface area contributed by atoms with Crippen molar-refractivity contribution in [2.75, 3.05) is 31.2 Å². The molecule has 1 fully saturated rings. The summed E-state index contributed by atoms with van der Waals surface area (Å²) in [7, 11) is 0. The van der Waals surface area contributed by atoms with Crippen LogP contribution in [-0.2, 0) is 4.74 Å². The molecule has 0 bridgehead atoms. The molecule has 8 heteroatoms. The lowest BCUT2D eigenvalue weighted by atomic mass is 10.00. The van der Waals surface area contributed by atoms with Gasteiger partial charge >= 0.3 is 0 Å². The number of fused-ring (bicyclic) bond motifs is 1. The maximum atomic E-state index is 13.0. The monoisotopic (exact) mass is 453 g/mol. The maximum absolute atomic E-state index is 13.0. The number of hydrogen-bond acceptors (Lipinski definition) is 6. The van der Waals surface area contributed by atoms with Crippen LogP contribution >= 0.6 is 23.1 Å². The number of aromatic hydroxyl groups is 1. The number of ether oxygens (including phenoxy) is 1. The second-order valence-electron chi connectivity index (χ2n) is 7.53. The van der Waals surface area contributed by atoms with Gasteiger partial charge in [-0.15, -0.1) is 0 Å². The third-order valence-electron chi connectivity index (χ3n) is 5.50. The molecule has 4 aromatic rings. The summed E-state index contributed by atoms with van der Waals surface area (Å²) < 4.78 is 9.60. The molecule has 1 saturated heterocycles. The largest absolute Gasteiger partial charge is 0.494 e. The lowest BCUT2D eigenvalue weighted by Gasteiger charge is -2.29. The van der Waals surface area contributed by atoms with Gasteiger partial charge in [0.25, 0.3) is 0 Å². The molecule has 2 aromatic carbocycles. The first kappa shape index (κ1) is 20.1. The quantitative estimate of drug-likeness (QED) is 0.424. The molecule has 31 heavy (non-hydrogen) atoms. The first-order valence-corrected chi connectivity index (χ1v) is 11.1. The van der Waals surface area contributed by atoms with Gasteiger partial charge in [-0.25, -0.2) is 0 Å². The number of aromatic amines is 1. The van der Waals surface area contributed by atoms with Crippen molar-refractivity contribution in [3.8, 4) is 17.0 Å². The highest BCUT2D eigenvalue weighted by atomic mass is 35.5. The molecule has 0 aliphatic carbocycles. The highest BCUT2D eigenvalue weighted by Crippen LogP contribution is 2.38. The number of nitrogens with zero attached hydrogens (tertiary/aromatic N) is 2. The van der Waals surface area contributed by atoms with Crippen LogP contribution in [0.15, 0.2) is 42.5 Å². The third kappa shape index (κ3) is 3.69. The predicted octanol–water partition coefficient (Wildman–Crippen LogP) is 5.03. The van der Waals surface area contributed by atoms with E-state index >= 15 is 0 Å². The van der Waals surface area contributed by atoms with Gasteiger partial charge in [-0.1, -0.05) is 23.7 Å². The number of halogens is 1. The van der Waals surface area contributed by atoms with Crippen molar-refractivity contribution < 1.29 is 14.6 Å². The van der Waals surface area contributed by atoms with E-state index in [0.717, 1.165) is 60.3 Å². The Labute approximate surface area is 188 Å². The Hall–Kier alpha value is -2.87. The van der Waals surface area contributed by atoms with Crippen LogP contribution < -0.4 is 4.90 Å². The van der Waals surface area contributed by atoms with Gasteiger partial charge in [-0.3, -0.25) is 4.79 Å². The summed E-state index contributed by atoms with van der Waals surface area (Å²) in [6.07, 6.45) is 0. The maximum Gasteiger partial charge on any atom is 0.210 e. The number of H-pyrrole nitrogens is 1. The third-order valence-corrected chi connectivity index (χ3v) is 6.69. The molecule has 0 unspecified atom stereocenters. The van der Waals surface area contributed by atoms with Gasteiger partial charge in [0.2, 0.25) is 11.7 Å². The van der Waals surface area contributed by atoms with Crippen LogP contribution in [0.5, 0.6) is 5.88 Å². The molecule has 2 aromatic heterocycles. The van der Waals surface area contributed by atoms with E-state index in [0.29, 0.717) is 20.8 Å². The molecular weight excluding hydrogens is 434 g/mol. The minimum absolute atomic E-state index is 0.165. The topological polar surface area (TPSA) is 78.5 Å². The normalized spacial score (nSPS) is 14.3. The minimum Gasteiger partial charge on any atom is -0.494 e. The van der Waals surface area contributed by atoms with Crippen LogP contribution in [0.1, 0.15) is 20.9 Å². The fourth-order valence-electron chi connectivity index (χ4n) is 3.92. The van der Waals surface area contributed by atoms with E-state index in [2.05, 4.69) is 26.4 Å². The molecule has 2 N–H and O–H groups in total. The van der Waals surface area contributed by atoms with Gasteiger partial charge < -0.3 is 19.7 Å². The van der Waals surface area contributed by atoms with Gasteiger partial charge in [0.15, 0.2) is 0 Å². The van der Waals surface area contributed by atoms with Crippen LogP contribution in [-0.4, -0.2) is 46.6 Å². The molecule has 0 atom stereocenters. The van der Waals surface area contributed by atoms with Crippen molar-refractivity contribution in [2.45, 2.75) is 6.92 Å². The van der Waals surface area contributed by atoms with Crippen molar-refractivity contribution >= 4 is 45.5 Å². The molecule has 5 rings (SSSR count). The molecule has 158 valence electrons. The number of aromatic nitrogens is 2. The molecular formula is C23H20ClN3O3S. The summed E-state index contributed by atoms with van der Waals surface area (Å²) in [5.74, 6) is -0.424. The number of aryl methyl sites for hydroxylation is 1. The standard InChI is InChI=1S/C23H20ClN3O3S/c1-13-10-20(31-26-13)22(28)21-17-11-16(18(24)12-19(17)25-23(21)29)14-2-4-15(5-3-14)27-6-8-30-9-7-27/h2-5,10-12,25,29H,6-9H2,1H3. The van der Waals surface area contributed by atoms with Crippen molar-refractivity contribution in [2.24, 2.45) is 0 Å². The molecule has 1 aliphatic heterocycles. The molecule has 0 saturated carbocycles.